The average Bonchev–Trinajstić information content (AvgIpc) is 2.67. The van der Waals surface area contributed by atoms with E-state index in [0.29, 0.717) is 11.1 Å². The fourth-order valence-corrected chi connectivity index (χ4v) is 2.45. The Labute approximate surface area is 141 Å². The Balaban J connectivity index is 1.77. The van der Waals surface area contributed by atoms with E-state index in [0.717, 1.165) is 28.5 Å². The van der Waals surface area contributed by atoms with Gasteiger partial charge < -0.3 is 0 Å². The molecule has 0 aliphatic carbocycles. The van der Waals surface area contributed by atoms with E-state index < -0.39 is 0 Å². The molecule has 3 aromatic carbocycles. The first kappa shape index (κ1) is 15.5. The minimum Gasteiger partial charge on any atom is -0.298 e. The smallest absolute Gasteiger partial charge is 0.150 e. The van der Waals surface area contributed by atoms with E-state index in [1.807, 2.05) is 66.7 Å². The largest absolute Gasteiger partial charge is 0.298 e. The number of aldehydes is 1. The van der Waals surface area contributed by atoms with Crippen molar-refractivity contribution in [3.63, 3.8) is 0 Å². The number of benzene rings is 3. The van der Waals surface area contributed by atoms with Crippen molar-refractivity contribution in [1.29, 1.82) is 5.26 Å². The molecule has 0 fully saturated rings. The molecule has 0 spiro atoms. The van der Waals surface area contributed by atoms with Crippen molar-refractivity contribution in [2.45, 2.75) is 0 Å². The number of nitrogens with zero attached hydrogens (tertiary/aromatic N) is 1. The van der Waals surface area contributed by atoms with Gasteiger partial charge in [0.25, 0.3) is 0 Å². The first-order valence-electron chi connectivity index (χ1n) is 7.62. The van der Waals surface area contributed by atoms with E-state index >= 15 is 0 Å². The number of carbonyl (C=O) groups excluding carboxylic acids is 1. The lowest BCUT2D eigenvalue weighted by molar-refractivity contribution is 0.112. The van der Waals surface area contributed by atoms with E-state index in [1.165, 1.54) is 0 Å². The van der Waals surface area contributed by atoms with Gasteiger partial charge in [-0.05, 0) is 34.4 Å². The lowest BCUT2D eigenvalue weighted by atomic mass is 10.0. The van der Waals surface area contributed by atoms with Gasteiger partial charge in [-0.1, -0.05) is 72.8 Å². The maximum atomic E-state index is 10.7. The summed E-state index contributed by atoms with van der Waals surface area (Å²) in [6.07, 6.45) is 4.86. The molecule has 3 rings (SSSR count). The number of hydrogen-bond donors (Lipinski definition) is 0. The predicted molar refractivity (Wildman–Crippen MR) is 97.4 cm³/mol. The molecule has 0 atom stereocenters. The molecule has 0 saturated heterocycles. The van der Waals surface area contributed by atoms with Crippen LogP contribution in [-0.2, 0) is 0 Å². The normalized spacial score (nSPS) is 10.5. The summed E-state index contributed by atoms with van der Waals surface area (Å²) in [7, 11) is 0. The van der Waals surface area contributed by atoms with E-state index in [2.05, 4.69) is 18.2 Å². The van der Waals surface area contributed by atoms with Crippen LogP contribution in [0.5, 0.6) is 0 Å². The van der Waals surface area contributed by atoms with Crippen molar-refractivity contribution in [2.75, 3.05) is 0 Å². The second kappa shape index (κ2) is 7.21. The quantitative estimate of drug-likeness (QED) is 0.490. The van der Waals surface area contributed by atoms with Gasteiger partial charge in [0.1, 0.15) is 6.29 Å². The lowest BCUT2D eigenvalue weighted by Crippen LogP contribution is -1.82. The molecule has 24 heavy (non-hydrogen) atoms. The number of nitriles is 1. The molecule has 0 unspecified atom stereocenters. The highest BCUT2D eigenvalue weighted by Gasteiger charge is 1.98. The topological polar surface area (TPSA) is 40.9 Å². The van der Waals surface area contributed by atoms with E-state index in [4.69, 9.17) is 5.26 Å². The van der Waals surface area contributed by atoms with Crippen LogP contribution in [-0.4, -0.2) is 6.29 Å². The summed E-state index contributed by atoms with van der Waals surface area (Å²) in [5.41, 5.74) is 5.62. The SMILES string of the molecule is N#Cc1cccc(C=Cc2ccc(-c3ccc(C=O)cc3)cc2)c1. The first-order valence-corrected chi connectivity index (χ1v) is 7.62. The van der Waals surface area contributed by atoms with Crippen LogP contribution in [0, 0.1) is 11.3 Å². The zero-order valence-electron chi connectivity index (χ0n) is 13.0. The Bertz CT molecular complexity index is 913. The van der Waals surface area contributed by atoms with Gasteiger partial charge in [-0.25, -0.2) is 0 Å². The van der Waals surface area contributed by atoms with Gasteiger partial charge in [-0.15, -0.1) is 0 Å². The highest BCUT2D eigenvalue weighted by molar-refractivity contribution is 5.77. The molecule has 0 aliphatic heterocycles. The Kier molecular flexibility index (Phi) is 4.65. The van der Waals surface area contributed by atoms with Crippen molar-refractivity contribution in [3.05, 3.63) is 95.1 Å². The van der Waals surface area contributed by atoms with E-state index in [1.54, 1.807) is 6.07 Å². The maximum Gasteiger partial charge on any atom is 0.150 e. The molecule has 0 aliphatic rings. The highest BCUT2D eigenvalue weighted by atomic mass is 16.1. The van der Waals surface area contributed by atoms with Crippen molar-refractivity contribution >= 4 is 18.4 Å². The molecule has 0 aromatic heterocycles. The molecule has 0 N–H and O–H groups in total. The molecule has 2 heteroatoms. The number of rotatable bonds is 4. The van der Waals surface area contributed by atoms with Gasteiger partial charge in [0, 0.05) is 5.56 Å². The molecular weight excluding hydrogens is 294 g/mol. The molecule has 114 valence electrons. The van der Waals surface area contributed by atoms with Gasteiger partial charge in [0.2, 0.25) is 0 Å². The Hall–Kier alpha value is -3.44. The minimum absolute atomic E-state index is 0.659. The lowest BCUT2D eigenvalue weighted by Gasteiger charge is -2.03. The van der Waals surface area contributed by atoms with Crippen LogP contribution >= 0.6 is 0 Å². The zero-order valence-corrected chi connectivity index (χ0v) is 13.0. The fourth-order valence-electron chi connectivity index (χ4n) is 2.45. The molecule has 0 bridgehead atoms. The molecular formula is C22H15NO. The summed E-state index contributed by atoms with van der Waals surface area (Å²) in [5, 5.41) is 8.93. The van der Waals surface area contributed by atoms with E-state index in [9.17, 15) is 4.79 Å². The third-order valence-electron chi connectivity index (χ3n) is 3.77. The minimum atomic E-state index is 0.659. The van der Waals surface area contributed by atoms with Gasteiger partial charge in [0.15, 0.2) is 0 Å². The summed E-state index contributed by atoms with van der Waals surface area (Å²) < 4.78 is 0. The second-order valence-electron chi connectivity index (χ2n) is 5.43. The summed E-state index contributed by atoms with van der Waals surface area (Å²) in [6, 6.07) is 25.4. The van der Waals surface area contributed by atoms with Crippen LogP contribution in [0.1, 0.15) is 27.0 Å². The Morgan fingerprint density at radius 1 is 0.708 bits per heavy atom. The zero-order chi connectivity index (χ0) is 16.8. The van der Waals surface area contributed by atoms with Crippen LogP contribution in [0.25, 0.3) is 23.3 Å². The molecule has 0 saturated carbocycles. The second-order valence-corrected chi connectivity index (χ2v) is 5.43. The molecule has 3 aromatic rings. The highest BCUT2D eigenvalue weighted by Crippen LogP contribution is 2.21. The monoisotopic (exact) mass is 309 g/mol. The molecule has 0 heterocycles. The molecule has 0 radical (unpaired) electrons. The van der Waals surface area contributed by atoms with Crippen molar-refractivity contribution in [3.8, 4) is 17.2 Å². The third kappa shape index (κ3) is 3.66. The van der Waals surface area contributed by atoms with Gasteiger partial charge in [-0.2, -0.15) is 5.26 Å². The van der Waals surface area contributed by atoms with Crippen molar-refractivity contribution in [1.82, 2.24) is 0 Å². The summed E-state index contributed by atoms with van der Waals surface area (Å²) in [6.45, 7) is 0. The number of carbonyl (C=O) groups is 1. The van der Waals surface area contributed by atoms with Crippen molar-refractivity contribution < 1.29 is 4.79 Å². The van der Waals surface area contributed by atoms with Gasteiger partial charge >= 0.3 is 0 Å². The first-order chi connectivity index (χ1) is 11.8. The standard InChI is InChI=1S/C22H15NO/c23-15-20-3-1-2-18(14-20)5-4-17-6-10-21(11-7-17)22-12-8-19(16-24)9-13-22/h1-14,16H. The van der Waals surface area contributed by atoms with Gasteiger partial charge in [0.05, 0.1) is 11.6 Å². The summed E-state index contributed by atoms with van der Waals surface area (Å²) >= 11 is 0. The number of hydrogen-bond acceptors (Lipinski definition) is 2. The van der Waals surface area contributed by atoms with Crippen LogP contribution < -0.4 is 0 Å². The molecule has 2 nitrogen and oxygen atoms in total. The predicted octanol–water partition coefficient (Wildman–Crippen LogP) is 5.21. The van der Waals surface area contributed by atoms with Crippen LogP contribution in [0.4, 0.5) is 0 Å². The molecule has 0 amide bonds. The Morgan fingerprint density at radius 2 is 1.29 bits per heavy atom. The Morgan fingerprint density at radius 3 is 1.88 bits per heavy atom. The maximum absolute atomic E-state index is 10.7. The van der Waals surface area contributed by atoms with Crippen LogP contribution in [0.15, 0.2) is 72.8 Å². The van der Waals surface area contributed by atoms with E-state index in [-0.39, 0.29) is 0 Å². The van der Waals surface area contributed by atoms with Crippen molar-refractivity contribution in [2.24, 2.45) is 0 Å². The summed E-state index contributed by atoms with van der Waals surface area (Å²) in [4.78, 5) is 10.7. The fraction of sp³-hybridized carbons (Fsp3) is 0. The average molecular weight is 309 g/mol. The summed E-state index contributed by atoms with van der Waals surface area (Å²) in [5.74, 6) is 0. The van der Waals surface area contributed by atoms with Gasteiger partial charge in [-0.3, -0.25) is 4.79 Å². The van der Waals surface area contributed by atoms with Crippen LogP contribution in [0.2, 0.25) is 0 Å². The van der Waals surface area contributed by atoms with Crippen LogP contribution in [0.3, 0.4) is 0 Å². The third-order valence-corrected chi connectivity index (χ3v) is 3.77.